The molecule has 0 aromatic carbocycles. The van der Waals surface area contributed by atoms with E-state index in [1.165, 1.54) is 6.20 Å². The lowest BCUT2D eigenvalue weighted by Gasteiger charge is -2.72. The van der Waals surface area contributed by atoms with Gasteiger partial charge in [0.2, 0.25) is 5.91 Å². The van der Waals surface area contributed by atoms with E-state index >= 15 is 0 Å². The Morgan fingerprint density at radius 2 is 1.64 bits per heavy atom. The molecule has 4 saturated carbocycles. The zero-order chi connectivity index (χ0) is 40.5. The van der Waals surface area contributed by atoms with Crippen molar-refractivity contribution in [3.8, 4) is 0 Å². The van der Waals surface area contributed by atoms with Crippen molar-refractivity contribution in [2.24, 2.45) is 45.3 Å². The summed E-state index contributed by atoms with van der Waals surface area (Å²) in [7, 11) is 0. The van der Waals surface area contributed by atoms with Gasteiger partial charge in [-0.25, -0.2) is 9.59 Å². The summed E-state index contributed by atoms with van der Waals surface area (Å²) in [6.07, 6.45) is 8.60. The molecule has 0 radical (unpaired) electrons. The number of aromatic nitrogens is 1. The number of rotatable bonds is 10. The van der Waals surface area contributed by atoms with Crippen LogP contribution in [0.5, 0.6) is 0 Å². The number of carbonyl (C=O) groups is 5. The van der Waals surface area contributed by atoms with E-state index in [1.54, 1.807) is 26.0 Å². The third-order valence-corrected chi connectivity index (χ3v) is 15.6. The molecule has 11 nitrogen and oxygen atoms in total. The number of carbonyl (C=O) groups excluding carboxylic acids is 4. The number of carboxylic acid groups (broad SMARTS) is 1. The molecule has 302 valence electrons. The van der Waals surface area contributed by atoms with Crippen LogP contribution in [0.25, 0.3) is 0 Å². The summed E-state index contributed by atoms with van der Waals surface area (Å²) in [4.78, 5) is 69.5. The van der Waals surface area contributed by atoms with Gasteiger partial charge in [-0.15, -0.1) is 0 Å². The van der Waals surface area contributed by atoms with E-state index in [2.05, 4.69) is 64.1 Å². The molecule has 0 spiro atoms. The van der Waals surface area contributed by atoms with Gasteiger partial charge < -0.3 is 25.2 Å². The summed E-state index contributed by atoms with van der Waals surface area (Å²) in [5.41, 5.74) is 0.718. The van der Waals surface area contributed by atoms with Crippen LogP contribution in [-0.2, 0) is 28.7 Å². The number of carboxylic acids is 1. The van der Waals surface area contributed by atoms with E-state index in [-0.39, 0.29) is 70.2 Å². The topological polar surface area (TPSA) is 161 Å². The number of nitrogens with zero attached hydrogens (tertiary/aromatic N) is 1. The number of nitrogens with one attached hydrogen (secondary N) is 2. The number of aliphatic carboxylic acids is 1. The first-order chi connectivity index (χ1) is 25.5. The highest BCUT2D eigenvalue weighted by molar-refractivity contribution is 6.03. The number of ketones is 1. The fraction of sp³-hybridized carbons (Fsp3) is 0.727. The van der Waals surface area contributed by atoms with Gasteiger partial charge in [-0.3, -0.25) is 19.4 Å². The number of ether oxygens (including phenoxy) is 2. The summed E-state index contributed by atoms with van der Waals surface area (Å²) in [6, 6.07) is 3.47. The fourth-order valence-corrected chi connectivity index (χ4v) is 12.7. The van der Waals surface area contributed by atoms with E-state index in [4.69, 9.17) is 14.6 Å². The summed E-state index contributed by atoms with van der Waals surface area (Å²) in [5, 5.41) is 15.3. The maximum Gasteiger partial charge on any atom is 0.332 e. The summed E-state index contributed by atoms with van der Waals surface area (Å²) >= 11 is 0. The Labute approximate surface area is 326 Å². The molecule has 0 bridgehead atoms. The first kappa shape index (κ1) is 41.0. The van der Waals surface area contributed by atoms with E-state index in [0.717, 1.165) is 61.8 Å². The highest BCUT2D eigenvalue weighted by atomic mass is 16.6. The van der Waals surface area contributed by atoms with Crippen LogP contribution in [0.4, 0.5) is 0 Å². The molecule has 3 N–H and O–H groups in total. The van der Waals surface area contributed by atoms with Gasteiger partial charge in [0.25, 0.3) is 5.91 Å². The van der Waals surface area contributed by atoms with Gasteiger partial charge in [-0.2, -0.15) is 0 Å². The molecule has 0 unspecified atom stereocenters. The van der Waals surface area contributed by atoms with Crippen LogP contribution in [0.3, 0.4) is 0 Å². The van der Waals surface area contributed by atoms with Crippen LogP contribution in [-0.4, -0.2) is 70.0 Å². The van der Waals surface area contributed by atoms with Crippen molar-refractivity contribution in [1.29, 1.82) is 0 Å². The molecule has 5 aliphatic carbocycles. The Morgan fingerprint density at radius 1 is 0.927 bits per heavy atom. The number of pyridine rings is 1. The molecule has 8 atom stereocenters. The maximum atomic E-state index is 14.3. The number of hydrogen-bond donors (Lipinski definition) is 3. The molecule has 1 aromatic heterocycles. The quantitative estimate of drug-likeness (QED) is 0.219. The number of hydrogen-bond acceptors (Lipinski definition) is 8. The normalized spacial score (nSPS) is 35.2. The molecule has 1 aromatic rings. The minimum Gasteiger partial charge on any atom is -0.480 e. The maximum absolute atomic E-state index is 14.3. The van der Waals surface area contributed by atoms with Gasteiger partial charge in [0, 0.05) is 23.7 Å². The Kier molecular flexibility index (Phi) is 10.5. The second-order valence-corrected chi connectivity index (χ2v) is 19.7. The number of Topliss-reactive ketones (excluding diaryl/α,β-unsaturated/α-hetero) is 1. The zero-order valence-corrected chi connectivity index (χ0v) is 34.6. The Morgan fingerprint density at radius 3 is 2.27 bits per heavy atom. The molecule has 6 rings (SSSR count). The van der Waals surface area contributed by atoms with Gasteiger partial charge in [-0.1, -0.05) is 48.5 Å². The Hall–Kier alpha value is -3.60. The third-order valence-electron chi connectivity index (χ3n) is 15.6. The summed E-state index contributed by atoms with van der Waals surface area (Å²) in [5.74, 6) is -1.34. The molecular weight excluding hydrogens is 698 g/mol. The SMILES string of the molecule is Cc1ccc(C(=O)NC(C)(C)C(=O)N[C@@]23CC[C@]4(C)[C@H](CC[C@@H]5[C@@]6(C)CC[C@H](OC(=O)COCC(=O)O)C(C)(C)[C@@H]6CC[C@]54C)C2=C(C(C)C)C(=O)C3)cn1. The van der Waals surface area contributed by atoms with Crippen molar-refractivity contribution < 1.29 is 38.6 Å². The molecule has 0 aliphatic heterocycles. The lowest BCUT2D eigenvalue weighted by Crippen LogP contribution is -2.68. The molecule has 11 heteroatoms. The van der Waals surface area contributed by atoms with Gasteiger partial charge in [0.05, 0.1) is 11.1 Å². The van der Waals surface area contributed by atoms with Gasteiger partial charge in [-0.05, 0) is 135 Å². The predicted octanol–water partition coefficient (Wildman–Crippen LogP) is 6.76. The molecule has 5 aliphatic rings. The molecule has 1 heterocycles. The Balaban J connectivity index is 1.26. The first-order valence-electron chi connectivity index (χ1n) is 20.4. The largest absolute Gasteiger partial charge is 0.480 e. The average molecular weight is 762 g/mol. The van der Waals surface area contributed by atoms with Crippen LogP contribution in [0.1, 0.15) is 136 Å². The van der Waals surface area contributed by atoms with Crippen molar-refractivity contribution in [3.05, 3.63) is 40.7 Å². The van der Waals surface area contributed by atoms with Gasteiger partial charge in [0.1, 0.15) is 24.9 Å². The highest BCUT2D eigenvalue weighted by Crippen LogP contribution is 2.76. The van der Waals surface area contributed by atoms with E-state index in [9.17, 15) is 24.0 Å². The van der Waals surface area contributed by atoms with Crippen LogP contribution >= 0.6 is 0 Å². The van der Waals surface area contributed by atoms with Crippen molar-refractivity contribution in [2.75, 3.05) is 13.2 Å². The number of esters is 1. The highest BCUT2D eigenvalue weighted by Gasteiger charge is 2.70. The smallest absolute Gasteiger partial charge is 0.332 e. The number of allylic oxidation sites excluding steroid dienone is 1. The van der Waals surface area contributed by atoms with E-state index < -0.39 is 29.6 Å². The standard InChI is InChI=1S/C44H63N3O8/c1-25(2)35-29(48)21-44(47-38(53)40(6,7)46-37(52)27-12-11-26(3)45-22-27)20-19-42(9)28(36(35)44)13-14-31-41(8)17-16-32(55-34(51)24-54-23-33(49)50)39(4,5)30(41)15-18-43(31,42)10/h11-12,22,25,28,30-32H,13-21,23-24H2,1-10H3,(H,46,52)(H,47,53)(H,49,50)/t28-,30+,31-,32+,41+,42-,43-,44-/m1/s1. The molecule has 4 fully saturated rings. The second-order valence-electron chi connectivity index (χ2n) is 19.7. The van der Waals surface area contributed by atoms with Crippen molar-refractivity contribution in [2.45, 2.75) is 144 Å². The number of amides is 2. The van der Waals surface area contributed by atoms with Crippen molar-refractivity contribution in [1.82, 2.24) is 15.6 Å². The van der Waals surface area contributed by atoms with Gasteiger partial charge in [0.15, 0.2) is 5.78 Å². The minimum absolute atomic E-state index is 0.00586. The monoisotopic (exact) mass is 761 g/mol. The molecule has 55 heavy (non-hydrogen) atoms. The number of fused-ring (bicyclic) bond motifs is 7. The molecule has 2 amide bonds. The fourth-order valence-electron chi connectivity index (χ4n) is 12.7. The summed E-state index contributed by atoms with van der Waals surface area (Å²) < 4.78 is 11.0. The van der Waals surface area contributed by atoms with Crippen LogP contribution in [0, 0.1) is 52.3 Å². The van der Waals surface area contributed by atoms with Crippen LogP contribution < -0.4 is 10.6 Å². The molecule has 0 saturated heterocycles. The molecular formula is C44H63N3O8. The van der Waals surface area contributed by atoms with Gasteiger partial charge >= 0.3 is 11.9 Å². The average Bonchev–Trinajstić information content (AvgIpc) is 3.38. The van der Waals surface area contributed by atoms with Crippen molar-refractivity contribution >= 4 is 29.5 Å². The van der Waals surface area contributed by atoms with Crippen molar-refractivity contribution in [3.63, 3.8) is 0 Å². The minimum atomic E-state index is -1.24. The third kappa shape index (κ3) is 6.74. The van der Waals surface area contributed by atoms with E-state index in [1.807, 2.05) is 6.92 Å². The lowest BCUT2D eigenvalue weighted by molar-refractivity contribution is -0.232. The lowest BCUT2D eigenvalue weighted by atomic mass is 9.33. The van der Waals surface area contributed by atoms with E-state index in [0.29, 0.717) is 23.8 Å². The summed E-state index contributed by atoms with van der Waals surface area (Å²) in [6.45, 7) is 20.4. The zero-order valence-electron chi connectivity index (χ0n) is 34.6. The predicted molar refractivity (Wildman–Crippen MR) is 207 cm³/mol. The van der Waals surface area contributed by atoms with Crippen LogP contribution in [0.2, 0.25) is 0 Å². The first-order valence-corrected chi connectivity index (χ1v) is 20.4. The second kappa shape index (κ2) is 14.1. The Bertz CT molecular complexity index is 1780. The number of aryl methyl sites for hydroxylation is 1. The van der Waals surface area contributed by atoms with Crippen LogP contribution in [0.15, 0.2) is 29.5 Å².